The van der Waals surface area contributed by atoms with Gasteiger partial charge in [0.05, 0.1) is 24.2 Å². The summed E-state index contributed by atoms with van der Waals surface area (Å²) in [6, 6.07) is 9.56. The van der Waals surface area contributed by atoms with Gasteiger partial charge >= 0.3 is 0 Å². The minimum Gasteiger partial charge on any atom is -0.351 e. The molecule has 0 spiro atoms. The number of halogens is 2. The molecular weight excluding hydrogens is 1040 g/mol. The third kappa shape index (κ3) is 15.1. The highest BCUT2D eigenvalue weighted by Gasteiger charge is 2.49. The van der Waals surface area contributed by atoms with Crippen LogP contribution in [0.3, 0.4) is 0 Å². The van der Waals surface area contributed by atoms with Crippen molar-refractivity contribution in [3.63, 3.8) is 0 Å². The Labute approximate surface area is 474 Å². The Hall–Kier alpha value is -5.30. The molecule has 5 aliphatic rings. The van der Waals surface area contributed by atoms with Crippen molar-refractivity contribution >= 4 is 72.1 Å². The van der Waals surface area contributed by atoms with Crippen LogP contribution in [0.15, 0.2) is 48.5 Å². The van der Waals surface area contributed by atoms with Gasteiger partial charge in [0.1, 0.15) is 24.2 Å². The number of likely N-dealkylation sites (tertiary alicyclic amines) is 2. The van der Waals surface area contributed by atoms with Crippen LogP contribution in [0.2, 0.25) is 0 Å². The highest BCUT2D eigenvalue weighted by atomic mass is 35.5. The van der Waals surface area contributed by atoms with Gasteiger partial charge in [-0.25, -0.2) is 0 Å². The topological polar surface area (TPSA) is 239 Å². The van der Waals surface area contributed by atoms with E-state index in [1.54, 1.807) is 27.9 Å². The van der Waals surface area contributed by atoms with Crippen molar-refractivity contribution in [2.45, 2.75) is 193 Å². The van der Waals surface area contributed by atoms with E-state index in [1.165, 1.54) is 20.9 Å². The van der Waals surface area contributed by atoms with Gasteiger partial charge < -0.3 is 52.3 Å². The number of aryl methyl sites for hydroxylation is 2. The number of fused-ring (bicyclic) bond motifs is 2. The van der Waals surface area contributed by atoms with Gasteiger partial charge in [-0.15, -0.1) is 24.8 Å². The van der Waals surface area contributed by atoms with E-state index in [1.807, 2.05) is 77.9 Å². The average molecular weight is 1120 g/mol. The van der Waals surface area contributed by atoms with Gasteiger partial charge in [0.25, 0.3) is 0 Å². The number of likely N-dealkylation sites (N-methyl/N-ethyl adjacent to an activating group) is 2. The second-order valence-electron chi connectivity index (χ2n) is 24.4. The maximum absolute atomic E-state index is 14.7. The number of carbonyl (C=O) groups excluding carboxylic acids is 8. The Morgan fingerprint density at radius 2 is 0.872 bits per heavy atom. The summed E-state index contributed by atoms with van der Waals surface area (Å²) in [5, 5.41) is 24.6. The molecule has 18 nitrogen and oxygen atoms in total. The molecule has 4 unspecified atom stereocenters. The normalized spacial score (nSPS) is 25.4. The Balaban J connectivity index is 0.00000560. The number of benzene rings is 2. The molecule has 7 rings (SSSR count). The maximum Gasteiger partial charge on any atom is 0.246 e. The standard InChI is InChI=1S/C58H86N10O8.2ClH/c1-33(59-9)49(69)65-47(57(3,4)5)55(75)67-31-39(29-45(67)53(73)63-43-26-16-20-35-18-11-13-24-41(35)43)61-51(71)37-22-15-23-38(28-37)52(72)62-40-30-46(54(74)64-44-27-17-21-36-19-12-14-25-42(36)44)68(32-40)56(76)48(58(6,7)8)66-50(70)34(2)60-10;;/h11-14,18-19,24-25,33-34,37-40,43-48,59-60H,15-17,20-23,26-32H2,1-10H3,(H,61,71)(H,62,72)(H,63,73)(H,64,74)(H,65,69)(H,66,70);2*1H/t33-,34-,37?,38?,39-,40-,43+,44?,45?,46-,47+,48+;;/m0../s1. The molecule has 432 valence electrons. The molecule has 2 saturated heterocycles. The van der Waals surface area contributed by atoms with E-state index in [0.29, 0.717) is 19.3 Å². The first-order chi connectivity index (χ1) is 36.0. The summed E-state index contributed by atoms with van der Waals surface area (Å²) in [5.74, 6) is -3.75. The van der Waals surface area contributed by atoms with Crippen molar-refractivity contribution < 1.29 is 38.4 Å². The van der Waals surface area contributed by atoms with Crippen molar-refractivity contribution in [3.8, 4) is 0 Å². The van der Waals surface area contributed by atoms with Crippen molar-refractivity contribution in [2.24, 2.45) is 22.7 Å². The summed E-state index contributed by atoms with van der Waals surface area (Å²) in [6.45, 7) is 14.7. The third-order valence-electron chi connectivity index (χ3n) is 16.7. The lowest BCUT2D eigenvalue weighted by molar-refractivity contribution is -0.144. The number of rotatable bonds is 16. The SMILES string of the molecule is CN[C@@H](C)C(=O)N[C@H](C(=O)N1C[C@@H](NC(=O)C2CCCC(C(=O)N[C@H]3C[C@@H](C(=O)NC4CCCc5ccccc54)N(C(=O)[C@@H](NC(=O)[C@H](C)NC)C(C)(C)C)C3)C2)CC1C(=O)N[C@@H]1CCCc2ccccc21)C(C)(C)C.Cl.Cl. The molecule has 8 amide bonds. The summed E-state index contributed by atoms with van der Waals surface area (Å²) >= 11 is 0. The molecule has 0 bridgehead atoms. The van der Waals surface area contributed by atoms with E-state index in [9.17, 15) is 38.4 Å². The largest absolute Gasteiger partial charge is 0.351 e. The van der Waals surface area contributed by atoms with Gasteiger partial charge in [-0.05, 0) is 132 Å². The molecule has 3 aliphatic carbocycles. The molecule has 3 fully saturated rings. The summed E-state index contributed by atoms with van der Waals surface area (Å²) in [5.41, 5.74) is 3.02. The molecule has 2 aromatic rings. The summed E-state index contributed by atoms with van der Waals surface area (Å²) in [7, 11) is 3.33. The van der Waals surface area contributed by atoms with Crippen LogP contribution >= 0.6 is 24.8 Å². The first kappa shape index (κ1) is 63.5. The highest BCUT2D eigenvalue weighted by molar-refractivity contribution is 5.96. The molecule has 2 heterocycles. The van der Waals surface area contributed by atoms with Gasteiger partial charge in [-0.1, -0.05) is 96.5 Å². The number of nitrogens with zero attached hydrogens (tertiary/aromatic N) is 2. The lowest BCUT2D eigenvalue weighted by atomic mass is 9.80. The molecular formula is C58H88Cl2N10O8. The van der Waals surface area contributed by atoms with Crippen LogP contribution in [-0.2, 0) is 51.2 Å². The maximum atomic E-state index is 14.7. The zero-order chi connectivity index (χ0) is 55.2. The first-order valence-corrected chi connectivity index (χ1v) is 27.9. The van der Waals surface area contributed by atoms with Crippen LogP contribution in [0, 0.1) is 22.7 Å². The average Bonchev–Trinajstić information content (AvgIpc) is 4.03. The lowest BCUT2D eigenvalue weighted by Crippen LogP contribution is -2.59. The van der Waals surface area contributed by atoms with Crippen LogP contribution in [0.25, 0.3) is 0 Å². The monoisotopic (exact) mass is 1120 g/mol. The predicted molar refractivity (Wildman–Crippen MR) is 304 cm³/mol. The van der Waals surface area contributed by atoms with E-state index in [2.05, 4.69) is 54.7 Å². The minimum absolute atomic E-state index is 0. The fraction of sp³-hybridized carbons (Fsp3) is 0.655. The number of amides is 8. The zero-order valence-electron chi connectivity index (χ0n) is 47.4. The second-order valence-corrected chi connectivity index (χ2v) is 24.4. The van der Waals surface area contributed by atoms with E-state index in [4.69, 9.17) is 0 Å². The van der Waals surface area contributed by atoms with Crippen molar-refractivity contribution in [1.29, 1.82) is 0 Å². The van der Waals surface area contributed by atoms with Crippen molar-refractivity contribution in [3.05, 3.63) is 70.8 Å². The van der Waals surface area contributed by atoms with Crippen molar-refractivity contribution in [1.82, 2.24) is 52.3 Å². The number of carbonyl (C=O) groups is 8. The molecule has 78 heavy (non-hydrogen) atoms. The van der Waals surface area contributed by atoms with Gasteiger partial charge in [0, 0.05) is 37.0 Å². The summed E-state index contributed by atoms with van der Waals surface area (Å²) in [6.07, 6.45) is 7.43. The van der Waals surface area contributed by atoms with Crippen LogP contribution in [-0.4, -0.2) is 133 Å². The molecule has 0 radical (unpaired) electrons. The molecule has 20 heteroatoms. The molecule has 0 aromatic heterocycles. The Morgan fingerprint density at radius 3 is 1.23 bits per heavy atom. The number of hydrogen-bond acceptors (Lipinski definition) is 10. The molecule has 1 saturated carbocycles. The molecule has 8 N–H and O–H groups in total. The van der Waals surface area contributed by atoms with E-state index in [-0.39, 0.29) is 105 Å². The summed E-state index contributed by atoms with van der Waals surface area (Å²) < 4.78 is 0. The first-order valence-electron chi connectivity index (χ1n) is 27.9. The molecule has 2 aromatic carbocycles. The summed E-state index contributed by atoms with van der Waals surface area (Å²) in [4.78, 5) is 117. The quantitative estimate of drug-likeness (QED) is 0.117. The zero-order valence-corrected chi connectivity index (χ0v) is 49.1. The highest BCUT2D eigenvalue weighted by Crippen LogP contribution is 2.35. The van der Waals surface area contributed by atoms with Crippen LogP contribution < -0.4 is 42.5 Å². The van der Waals surface area contributed by atoms with E-state index < -0.39 is 82.8 Å². The number of hydrogen-bond donors (Lipinski definition) is 8. The molecule has 2 aliphatic heterocycles. The third-order valence-corrected chi connectivity index (χ3v) is 16.7. The van der Waals surface area contributed by atoms with Crippen LogP contribution in [0.4, 0.5) is 0 Å². The molecule has 12 atom stereocenters. The van der Waals surface area contributed by atoms with Gasteiger partial charge in [-0.3, -0.25) is 38.4 Å². The van der Waals surface area contributed by atoms with E-state index in [0.717, 1.165) is 49.7 Å². The minimum atomic E-state index is -0.967. The van der Waals surface area contributed by atoms with Crippen LogP contribution in [0.1, 0.15) is 154 Å². The Morgan fingerprint density at radius 1 is 0.500 bits per heavy atom. The van der Waals surface area contributed by atoms with Gasteiger partial charge in [0.15, 0.2) is 0 Å². The fourth-order valence-electron chi connectivity index (χ4n) is 11.9. The predicted octanol–water partition coefficient (Wildman–Crippen LogP) is 4.47. The Kier molecular flexibility index (Phi) is 22.2. The Bertz CT molecular complexity index is 2320. The fourth-order valence-corrected chi connectivity index (χ4v) is 11.9. The van der Waals surface area contributed by atoms with Crippen LogP contribution in [0.5, 0.6) is 0 Å². The second kappa shape index (κ2) is 27.2. The lowest BCUT2D eigenvalue weighted by Gasteiger charge is -2.36. The smallest absolute Gasteiger partial charge is 0.246 e. The van der Waals surface area contributed by atoms with Gasteiger partial charge in [-0.2, -0.15) is 0 Å². The van der Waals surface area contributed by atoms with E-state index >= 15 is 0 Å². The van der Waals surface area contributed by atoms with Crippen molar-refractivity contribution in [2.75, 3.05) is 27.2 Å². The number of nitrogens with one attached hydrogen (secondary N) is 8. The van der Waals surface area contributed by atoms with Gasteiger partial charge in [0.2, 0.25) is 47.3 Å².